The molecule has 1 saturated carbocycles. The first-order valence-corrected chi connectivity index (χ1v) is 11.5. The van der Waals surface area contributed by atoms with Crippen LogP contribution in [-0.4, -0.2) is 53.5 Å². The van der Waals surface area contributed by atoms with Crippen molar-refractivity contribution in [2.24, 2.45) is 0 Å². The molecule has 0 bridgehead atoms. The Bertz CT molecular complexity index is 1030. The van der Waals surface area contributed by atoms with Crippen molar-refractivity contribution >= 4 is 11.9 Å². The molecular formula is C26H29FN2O3. The summed E-state index contributed by atoms with van der Waals surface area (Å²) < 4.78 is 19.6. The van der Waals surface area contributed by atoms with E-state index in [2.05, 4.69) is 9.80 Å². The molecule has 2 aromatic rings. The average Bonchev–Trinajstić information content (AvgIpc) is 2.82. The summed E-state index contributed by atoms with van der Waals surface area (Å²) in [4.78, 5) is 29.6. The van der Waals surface area contributed by atoms with Crippen LogP contribution in [-0.2, 0) is 17.7 Å². The number of fused-ring (bicyclic) bond motifs is 1. The van der Waals surface area contributed by atoms with Gasteiger partial charge in [0.05, 0.1) is 12.7 Å². The highest BCUT2D eigenvalue weighted by Gasteiger charge is 2.49. The number of carbonyl (C=O) groups is 2. The molecule has 1 saturated heterocycles. The van der Waals surface area contributed by atoms with E-state index >= 15 is 0 Å². The molecule has 0 unspecified atom stereocenters. The van der Waals surface area contributed by atoms with Crippen LogP contribution in [0.4, 0.5) is 4.39 Å². The van der Waals surface area contributed by atoms with E-state index in [9.17, 15) is 14.0 Å². The summed E-state index contributed by atoms with van der Waals surface area (Å²) >= 11 is 0. The number of hydrogen-bond acceptors (Lipinski definition) is 4. The highest BCUT2D eigenvalue weighted by molar-refractivity contribution is 5.95. The van der Waals surface area contributed by atoms with Crippen molar-refractivity contribution < 1.29 is 18.7 Å². The topological polar surface area (TPSA) is 49.9 Å². The molecule has 1 amide bonds. The van der Waals surface area contributed by atoms with Crippen LogP contribution in [0.3, 0.4) is 0 Å². The second kappa shape index (κ2) is 8.32. The molecule has 3 aliphatic rings. The van der Waals surface area contributed by atoms with Crippen molar-refractivity contribution in [2.45, 2.75) is 56.7 Å². The second-order valence-corrected chi connectivity index (χ2v) is 9.36. The van der Waals surface area contributed by atoms with Gasteiger partial charge in [0.1, 0.15) is 5.82 Å². The third-order valence-corrected chi connectivity index (χ3v) is 7.68. The predicted octanol–water partition coefficient (Wildman–Crippen LogP) is 4.20. The Morgan fingerprint density at radius 2 is 1.88 bits per heavy atom. The van der Waals surface area contributed by atoms with Crippen LogP contribution in [0.15, 0.2) is 42.5 Å². The predicted molar refractivity (Wildman–Crippen MR) is 119 cm³/mol. The molecule has 5 rings (SSSR count). The van der Waals surface area contributed by atoms with Crippen molar-refractivity contribution in [1.29, 1.82) is 0 Å². The number of likely N-dealkylation sites (tertiary alicyclic amines) is 1. The van der Waals surface area contributed by atoms with E-state index in [1.54, 1.807) is 6.07 Å². The maximum absolute atomic E-state index is 14.9. The summed E-state index contributed by atoms with van der Waals surface area (Å²) in [6.07, 6.45) is 5.80. The summed E-state index contributed by atoms with van der Waals surface area (Å²) in [5, 5.41) is 0. The zero-order valence-corrected chi connectivity index (χ0v) is 18.5. The lowest BCUT2D eigenvalue weighted by atomic mass is 9.68. The average molecular weight is 437 g/mol. The summed E-state index contributed by atoms with van der Waals surface area (Å²) in [7, 11) is 1.31. The minimum Gasteiger partial charge on any atom is -0.465 e. The Kier molecular flexibility index (Phi) is 5.49. The number of benzene rings is 2. The molecule has 0 aromatic heterocycles. The van der Waals surface area contributed by atoms with Crippen LogP contribution in [0.5, 0.6) is 0 Å². The van der Waals surface area contributed by atoms with E-state index in [-0.39, 0.29) is 22.8 Å². The lowest BCUT2D eigenvalue weighted by molar-refractivity contribution is -0.0381. The molecule has 1 aliphatic carbocycles. The summed E-state index contributed by atoms with van der Waals surface area (Å²) in [6.45, 7) is 2.13. The van der Waals surface area contributed by atoms with E-state index in [0.717, 1.165) is 56.3 Å². The number of carbonyl (C=O) groups excluding carboxylic acids is 2. The molecule has 6 heteroatoms. The Morgan fingerprint density at radius 1 is 1.09 bits per heavy atom. The van der Waals surface area contributed by atoms with Gasteiger partial charge in [-0.15, -0.1) is 0 Å². The third-order valence-electron chi connectivity index (χ3n) is 7.68. The number of halogens is 1. The fourth-order valence-electron chi connectivity index (χ4n) is 5.78. The van der Waals surface area contributed by atoms with E-state index in [0.29, 0.717) is 24.6 Å². The fourth-order valence-corrected chi connectivity index (χ4v) is 5.78. The SMILES string of the molecule is COC(=O)c1cc(F)c2c(c1)CCN([C@@H]1CCN(C(=O)c3ccccc3)C3(CCC3)C1)C2. The van der Waals surface area contributed by atoms with Crippen LogP contribution >= 0.6 is 0 Å². The zero-order valence-electron chi connectivity index (χ0n) is 18.5. The molecule has 5 nitrogen and oxygen atoms in total. The van der Waals surface area contributed by atoms with Crippen LogP contribution in [0.2, 0.25) is 0 Å². The van der Waals surface area contributed by atoms with Gasteiger partial charge < -0.3 is 9.64 Å². The minimum atomic E-state index is -0.503. The van der Waals surface area contributed by atoms with Gasteiger partial charge in [-0.05, 0) is 68.4 Å². The van der Waals surface area contributed by atoms with Gasteiger partial charge in [0.15, 0.2) is 0 Å². The van der Waals surface area contributed by atoms with Gasteiger partial charge in [-0.2, -0.15) is 0 Å². The standard InChI is InChI=1S/C26H29FN2O3/c1-32-25(31)20-14-19-8-12-28(17-22(19)23(27)15-20)21-9-13-29(26(16-21)10-5-11-26)24(30)18-6-3-2-4-7-18/h2-4,6-7,14-15,21H,5,8-13,16-17H2,1H3/t21-/m1/s1. The molecule has 0 radical (unpaired) electrons. The monoisotopic (exact) mass is 436 g/mol. The summed E-state index contributed by atoms with van der Waals surface area (Å²) in [5.41, 5.74) is 2.56. The van der Waals surface area contributed by atoms with Crippen LogP contribution < -0.4 is 0 Å². The molecule has 168 valence electrons. The van der Waals surface area contributed by atoms with Gasteiger partial charge in [0.25, 0.3) is 5.91 Å². The zero-order chi connectivity index (χ0) is 22.3. The van der Waals surface area contributed by atoms with Gasteiger partial charge in [0.2, 0.25) is 0 Å². The first-order valence-electron chi connectivity index (χ1n) is 11.5. The Morgan fingerprint density at radius 3 is 2.56 bits per heavy atom. The summed E-state index contributed by atoms with van der Waals surface area (Å²) in [5.74, 6) is -0.701. The summed E-state index contributed by atoms with van der Waals surface area (Å²) in [6, 6.07) is 13.0. The van der Waals surface area contributed by atoms with E-state index < -0.39 is 5.97 Å². The molecule has 32 heavy (non-hydrogen) atoms. The van der Waals surface area contributed by atoms with E-state index in [1.807, 2.05) is 30.3 Å². The lowest BCUT2D eigenvalue weighted by Crippen LogP contribution is -2.63. The van der Waals surface area contributed by atoms with Gasteiger partial charge in [-0.25, -0.2) is 9.18 Å². The van der Waals surface area contributed by atoms with Crippen LogP contribution in [0.1, 0.15) is 63.9 Å². The quantitative estimate of drug-likeness (QED) is 0.677. The normalized spacial score (nSPS) is 22.2. The molecule has 1 atom stereocenters. The number of ether oxygens (including phenoxy) is 1. The first kappa shape index (κ1) is 21.1. The van der Waals surface area contributed by atoms with E-state index in [1.165, 1.54) is 13.2 Å². The van der Waals surface area contributed by atoms with Crippen molar-refractivity contribution in [3.8, 4) is 0 Å². The smallest absolute Gasteiger partial charge is 0.337 e. The molecule has 0 N–H and O–H groups in total. The molecule has 2 heterocycles. The number of hydrogen-bond donors (Lipinski definition) is 0. The fraction of sp³-hybridized carbons (Fsp3) is 0.462. The number of esters is 1. The Hall–Kier alpha value is -2.73. The highest BCUT2D eigenvalue weighted by atomic mass is 19.1. The van der Waals surface area contributed by atoms with Gasteiger partial charge in [-0.3, -0.25) is 9.69 Å². The second-order valence-electron chi connectivity index (χ2n) is 9.36. The molecule has 2 aliphatic heterocycles. The van der Waals surface area contributed by atoms with Crippen LogP contribution in [0, 0.1) is 5.82 Å². The van der Waals surface area contributed by atoms with Crippen molar-refractivity contribution in [1.82, 2.24) is 9.80 Å². The van der Waals surface area contributed by atoms with E-state index in [4.69, 9.17) is 4.74 Å². The molecule has 1 spiro atoms. The lowest BCUT2D eigenvalue weighted by Gasteiger charge is -2.57. The minimum absolute atomic E-state index is 0.0661. The maximum Gasteiger partial charge on any atom is 0.337 e. The third kappa shape index (κ3) is 3.60. The largest absolute Gasteiger partial charge is 0.465 e. The number of piperidine rings is 1. The first-order chi connectivity index (χ1) is 15.5. The molecular weight excluding hydrogens is 407 g/mol. The van der Waals surface area contributed by atoms with Crippen molar-refractivity contribution in [3.63, 3.8) is 0 Å². The number of methoxy groups -OCH3 is 1. The van der Waals surface area contributed by atoms with Gasteiger partial charge in [0, 0.05) is 42.3 Å². The number of amides is 1. The Labute approximate surface area is 188 Å². The van der Waals surface area contributed by atoms with Crippen molar-refractivity contribution in [3.05, 3.63) is 70.5 Å². The maximum atomic E-state index is 14.9. The number of rotatable bonds is 3. The van der Waals surface area contributed by atoms with Crippen molar-refractivity contribution in [2.75, 3.05) is 20.2 Å². The van der Waals surface area contributed by atoms with Crippen LogP contribution in [0.25, 0.3) is 0 Å². The molecule has 2 fully saturated rings. The van der Waals surface area contributed by atoms with Gasteiger partial charge in [-0.1, -0.05) is 18.2 Å². The Balaban J connectivity index is 1.33. The highest BCUT2D eigenvalue weighted by Crippen LogP contribution is 2.46. The number of nitrogens with zero attached hydrogens (tertiary/aromatic N) is 2. The van der Waals surface area contributed by atoms with Gasteiger partial charge >= 0.3 is 5.97 Å². The molecule has 2 aromatic carbocycles.